The topological polar surface area (TPSA) is 34.4 Å². The number of nitrogens with one attached hydrogen (secondary N) is 1. The van der Waals surface area contributed by atoms with Crippen LogP contribution in [0.4, 0.5) is 5.69 Å². The van der Waals surface area contributed by atoms with Crippen molar-refractivity contribution in [2.45, 2.75) is 45.3 Å². The average molecular weight is 306 g/mol. The van der Waals surface area contributed by atoms with Gasteiger partial charge in [-0.1, -0.05) is 11.6 Å². The van der Waals surface area contributed by atoms with Gasteiger partial charge in [0, 0.05) is 17.7 Å². The SMILES string of the molecule is CC(C)Oc1ccc(NC2CCCc3occc32)cc1Cl. The Labute approximate surface area is 130 Å². The molecule has 112 valence electrons. The Morgan fingerprint density at radius 1 is 1.33 bits per heavy atom. The van der Waals surface area contributed by atoms with Gasteiger partial charge in [0.15, 0.2) is 0 Å². The average Bonchev–Trinajstić information content (AvgIpc) is 2.91. The molecule has 1 unspecified atom stereocenters. The van der Waals surface area contributed by atoms with E-state index in [1.807, 2.05) is 32.0 Å². The summed E-state index contributed by atoms with van der Waals surface area (Å²) in [5, 5.41) is 4.18. The summed E-state index contributed by atoms with van der Waals surface area (Å²) in [6.45, 7) is 3.98. The number of hydrogen-bond acceptors (Lipinski definition) is 3. The summed E-state index contributed by atoms with van der Waals surface area (Å²) in [7, 11) is 0. The summed E-state index contributed by atoms with van der Waals surface area (Å²) in [6, 6.07) is 8.21. The van der Waals surface area contributed by atoms with E-state index in [2.05, 4.69) is 11.4 Å². The highest BCUT2D eigenvalue weighted by atomic mass is 35.5. The molecule has 1 heterocycles. The van der Waals surface area contributed by atoms with E-state index in [0.717, 1.165) is 36.5 Å². The van der Waals surface area contributed by atoms with Crippen LogP contribution >= 0.6 is 11.6 Å². The lowest BCUT2D eigenvalue weighted by molar-refractivity contribution is 0.242. The molecule has 4 heteroatoms. The quantitative estimate of drug-likeness (QED) is 0.842. The van der Waals surface area contributed by atoms with Crippen molar-refractivity contribution in [1.82, 2.24) is 0 Å². The van der Waals surface area contributed by atoms with E-state index >= 15 is 0 Å². The minimum atomic E-state index is 0.119. The zero-order chi connectivity index (χ0) is 14.8. The van der Waals surface area contributed by atoms with E-state index in [-0.39, 0.29) is 6.10 Å². The molecule has 1 atom stereocenters. The number of furan rings is 1. The van der Waals surface area contributed by atoms with Crippen molar-refractivity contribution < 1.29 is 9.15 Å². The Morgan fingerprint density at radius 2 is 2.19 bits per heavy atom. The molecule has 2 aromatic rings. The van der Waals surface area contributed by atoms with E-state index in [4.69, 9.17) is 20.8 Å². The van der Waals surface area contributed by atoms with Crippen molar-refractivity contribution in [3.63, 3.8) is 0 Å². The molecule has 1 aliphatic rings. The molecule has 1 N–H and O–H groups in total. The van der Waals surface area contributed by atoms with E-state index in [1.165, 1.54) is 5.56 Å². The van der Waals surface area contributed by atoms with Gasteiger partial charge in [0.1, 0.15) is 11.5 Å². The third-order valence-electron chi connectivity index (χ3n) is 3.69. The Bertz CT molecular complexity index is 621. The number of fused-ring (bicyclic) bond motifs is 1. The number of aryl methyl sites for hydroxylation is 1. The van der Waals surface area contributed by atoms with E-state index in [1.54, 1.807) is 6.26 Å². The molecule has 0 radical (unpaired) electrons. The highest BCUT2D eigenvalue weighted by Crippen LogP contribution is 2.35. The summed E-state index contributed by atoms with van der Waals surface area (Å²) in [4.78, 5) is 0. The molecule has 21 heavy (non-hydrogen) atoms. The first kappa shape index (κ1) is 14.3. The molecule has 1 aromatic carbocycles. The Hall–Kier alpha value is -1.61. The number of benzene rings is 1. The van der Waals surface area contributed by atoms with Gasteiger partial charge < -0.3 is 14.5 Å². The van der Waals surface area contributed by atoms with Crippen LogP contribution < -0.4 is 10.1 Å². The van der Waals surface area contributed by atoms with Crippen molar-refractivity contribution >= 4 is 17.3 Å². The van der Waals surface area contributed by atoms with Crippen LogP contribution in [0, 0.1) is 0 Å². The van der Waals surface area contributed by atoms with Gasteiger partial charge in [-0.2, -0.15) is 0 Å². The van der Waals surface area contributed by atoms with E-state index < -0.39 is 0 Å². The lowest BCUT2D eigenvalue weighted by Gasteiger charge is -2.24. The maximum absolute atomic E-state index is 6.29. The molecule has 0 saturated carbocycles. The summed E-state index contributed by atoms with van der Waals surface area (Å²) in [6.07, 6.45) is 5.17. The Kier molecular flexibility index (Phi) is 4.11. The van der Waals surface area contributed by atoms with Crippen LogP contribution in [-0.2, 0) is 6.42 Å². The smallest absolute Gasteiger partial charge is 0.138 e. The van der Waals surface area contributed by atoms with Crippen molar-refractivity contribution in [2.75, 3.05) is 5.32 Å². The molecule has 3 rings (SSSR count). The van der Waals surface area contributed by atoms with Gasteiger partial charge in [0.25, 0.3) is 0 Å². The maximum atomic E-state index is 6.29. The first-order valence-electron chi connectivity index (χ1n) is 7.42. The van der Waals surface area contributed by atoms with Crippen LogP contribution in [-0.4, -0.2) is 6.10 Å². The van der Waals surface area contributed by atoms with E-state index in [0.29, 0.717) is 11.1 Å². The second kappa shape index (κ2) is 6.02. The van der Waals surface area contributed by atoms with Gasteiger partial charge >= 0.3 is 0 Å². The summed E-state index contributed by atoms with van der Waals surface area (Å²) in [5.41, 5.74) is 2.27. The lowest BCUT2D eigenvalue weighted by Crippen LogP contribution is -2.16. The van der Waals surface area contributed by atoms with Gasteiger partial charge in [0.2, 0.25) is 0 Å². The fourth-order valence-electron chi connectivity index (χ4n) is 2.78. The van der Waals surface area contributed by atoms with Gasteiger partial charge in [-0.3, -0.25) is 0 Å². The third-order valence-corrected chi connectivity index (χ3v) is 3.98. The van der Waals surface area contributed by atoms with Crippen LogP contribution in [0.2, 0.25) is 5.02 Å². The van der Waals surface area contributed by atoms with Gasteiger partial charge in [-0.25, -0.2) is 0 Å². The summed E-state index contributed by atoms with van der Waals surface area (Å²) in [5.74, 6) is 1.83. The molecule has 1 aromatic heterocycles. The second-order valence-corrected chi connectivity index (χ2v) is 6.11. The lowest BCUT2D eigenvalue weighted by atomic mass is 9.93. The molecule has 0 bridgehead atoms. The fourth-order valence-corrected chi connectivity index (χ4v) is 3.00. The van der Waals surface area contributed by atoms with Crippen LogP contribution in [0.15, 0.2) is 34.9 Å². The molecule has 3 nitrogen and oxygen atoms in total. The van der Waals surface area contributed by atoms with Crippen molar-refractivity contribution in [2.24, 2.45) is 0 Å². The Balaban J connectivity index is 1.76. The maximum Gasteiger partial charge on any atom is 0.138 e. The summed E-state index contributed by atoms with van der Waals surface area (Å²) < 4.78 is 11.2. The number of rotatable bonds is 4. The van der Waals surface area contributed by atoms with Crippen LogP contribution in [0.5, 0.6) is 5.75 Å². The molecular formula is C17H20ClNO2. The second-order valence-electron chi connectivity index (χ2n) is 5.70. The van der Waals surface area contributed by atoms with Gasteiger partial charge in [0.05, 0.1) is 23.4 Å². The minimum Gasteiger partial charge on any atom is -0.489 e. The van der Waals surface area contributed by atoms with E-state index in [9.17, 15) is 0 Å². The third kappa shape index (κ3) is 3.18. The zero-order valence-electron chi connectivity index (χ0n) is 12.4. The monoisotopic (exact) mass is 305 g/mol. The molecule has 0 aliphatic heterocycles. The van der Waals surface area contributed by atoms with Crippen molar-refractivity contribution in [1.29, 1.82) is 0 Å². The van der Waals surface area contributed by atoms with Crippen molar-refractivity contribution in [3.05, 3.63) is 46.9 Å². The first-order chi connectivity index (χ1) is 10.1. The highest BCUT2D eigenvalue weighted by molar-refractivity contribution is 6.32. The number of halogens is 1. The largest absolute Gasteiger partial charge is 0.489 e. The Morgan fingerprint density at radius 3 is 2.95 bits per heavy atom. The first-order valence-corrected chi connectivity index (χ1v) is 7.80. The minimum absolute atomic E-state index is 0.119. The zero-order valence-corrected chi connectivity index (χ0v) is 13.1. The summed E-state index contributed by atoms with van der Waals surface area (Å²) >= 11 is 6.29. The van der Waals surface area contributed by atoms with Crippen molar-refractivity contribution in [3.8, 4) is 5.75 Å². The highest BCUT2D eigenvalue weighted by Gasteiger charge is 2.22. The molecule has 0 saturated heterocycles. The van der Waals surface area contributed by atoms with Crippen LogP contribution in [0.1, 0.15) is 44.1 Å². The standard InChI is InChI=1S/C17H20ClNO2/c1-11(2)21-17-7-6-12(10-14(17)18)19-15-4-3-5-16-13(15)8-9-20-16/h6-11,15,19H,3-5H2,1-2H3. The normalized spacial score (nSPS) is 17.6. The number of hydrogen-bond donors (Lipinski definition) is 1. The molecular weight excluding hydrogens is 286 g/mol. The molecule has 1 aliphatic carbocycles. The predicted molar refractivity (Wildman–Crippen MR) is 85.2 cm³/mol. The van der Waals surface area contributed by atoms with Gasteiger partial charge in [-0.05, 0) is 51.0 Å². The molecule has 0 amide bonds. The van der Waals surface area contributed by atoms with Crippen LogP contribution in [0.25, 0.3) is 0 Å². The fraction of sp³-hybridized carbons (Fsp3) is 0.412. The van der Waals surface area contributed by atoms with Gasteiger partial charge in [-0.15, -0.1) is 0 Å². The number of anilines is 1. The van der Waals surface area contributed by atoms with Crippen LogP contribution in [0.3, 0.4) is 0 Å². The number of ether oxygens (including phenoxy) is 1. The molecule has 0 spiro atoms. The molecule has 0 fully saturated rings. The predicted octanol–water partition coefficient (Wildman–Crippen LogP) is 5.21.